The maximum Gasteiger partial charge on any atom is 0.162 e. The van der Waals surface area contributed by atoms with E-state index in [4.69, 9.17) is 27.9 Å². The quantitative estimate of drug-likeness (QED) is 0.278. The van der Waals surface area contributed by atoms with Crippen molar-refractivity contribution in [3.05, 3.63) is 122 Å². The molecule has 4 nitrogen and oxygen atoms in total. The first-order chi connectivity index (χ1) is 20.4. The zero-order valence-electron chi connectivity index (χ0n) is 25.2. The highest BCUT2D eigenvalue weighted by Crippen LogP contribution is 2.56. The van der Waals surface area contributed by atoms with Crippen LogP contribution in [-0.2, 0) is 22.7 Å². The number of halogens is 2. The van der Waals surface area contributed by atoms with Crippen LogP contribution in [0, 0.1) is 10.8 Å². The first-order valence-electron chi connectivity index (χ1n) is 14.9. The molecule has 3 aliphatic rings. The Bertz CT molecular complexity index is 1600. The first kappa shape index (κ1) is 29.7. The average molecular weight is 615 g/mol. The van der Waals surface area contributed by atoms with E-state index in [2.05, 4.69) is 44.7 Å². The number of hydrogen-bond acceptors (Lipinski definition) is 4. The van der Waals surface area contributed by atoms with Crippen molar-refractivity contribution in [3.8, 4) is 5.75 Å². The Kier molecular flexibility index (Phi) is 7.81. The van der Waals surface area contributed by atoms with Crippen LogP contribution in [0.4, 0.5) is 0 Å². The molecule has 0 aromatic heterocycles. The van der Waals surface area contributed by atoms with Gasteiger partial charge in [0.15, 0.2) is 11.6 Å². The lowest BCUT2D eigenvalue weighted by Gasteiger charge is -2.49. The molecule has 0 saturated heterocycles. The second-order valence-electron chi connectivity index (χ2n) is 13.7. The van der Waals surface area contributed by atoms with Gasteiger partial charge in [0.2, 0.25) is 0 Å². The van der Waals surface area contributed by atoms with Gasteiger partial charge in [0.25, 0.3) is 0 Å². The summed E-state index contributed by atoms with van der Waals surface area (Å²) in [6.07, 6.45) is 2.32. The summed E-state index contributed by atoms with van der Waals surface area (Å²) in [6, 6.07) is 23.4. The number of ketones is 2. The molecule has 6 rings (SSSR count). The van der Waals surface area contributed by atoms with Crippen molar-refractivity contribution in [2.45, 2.75) is 72.4 Å². The number of carbonyl (C=O) groups is 2. The smallest absolute Gasteiger partial charge is 0.162 e. The molecule has 0 fully saturated rings. The standard InChI is InChI=1S/C37H37Cl2NO3/c1-36(2)17-28-34(30(41)19-36)33(27-16-26(39)14-15-32(27)43-22-24-10-12-25(38)13-11-24)35-29(18-37(3,4)20-31(35)42)40(28)21-23-8-6-5-7-9-23/h5-16,33H,17-22H2,1-4H3. The predicted molar refractivity (Wildman–Crippen MR) is 172 cm³/mol. The molecule has 0 N–H and O–H groups in total. The van der Waals surface area contributed by atoms with Crippen LogP contribution in [0.1, 0.15) is 76.0 Å². The van der Waals surface area contributed by atoms with Gasteiger partial charge in [-0.1, -0.05) is 93.4 Å². The summed E-state index contributed by atoms with van der Waals surface area (Å²) in [7, 11) is 0. The van der Waals surface area contributed by atoms with Crippen molar-refractivity contribution in [1.29, 1.82) is 0 Å². The Morgan fingerprint density at radius 2 is 1.28 bits per heavy atom. The zero-order chi connectivity index (χ0) is 30.5. The van der Waals surface area contributed by atoms with E-state index >= 15 is 0 Å². The van der Waals surface area contributed by atoms with Crippen LogP contribution in [0.2, 0.25) is 10.0 Å². The lowest BCUT2D eigenvalue weighted by molar-refractivity contribution is -0.119. The van der Waals surface area contributed by atoms with E-state index < -0.39 is 5.92 Å². The molecule has 0 radical (unpaired) electrons. The maximum absolute atomic E-state index is 14.2. The third-order valence-corrected chi connectivity index (χ3v) is 9.28. The lowest BCUT2D eigenvalue weighted by Crippen LogP contribution is -2.44. The second kappa shape index (κ2) is 11.3. The summed E-state index contributed by atoms with van der Waals surface area (Å²) in [5.41, 5.74) is 5.91. The number of Topliss-reactive ketones (excluding diaryl/α,β-unsaturated/α-hetero) is 2. The fourth-order valence-corrected chi connectivity index (χ4v) is 7.24. The summed E-state index contributed by atoms with van der Waals surface area (Å²) in [4.78, 5) is 30.8. The van der Waals surface area contributed by atoms with Crippen molar-refractivity contribution in [2.24, 2.45) is 10.8 Å². The fraction of sp³-hybridized carbons (Fsp3) is 0.351. The maximum atomic E-state index is 14.2. The molecule has 0 saturated carbocycles. The molecule has 1 aliphatic heterocycles. The molecule has 2 aliphatic carbocycles. The van der Waals surface area contributed by atoms with Gasteiger partial charge >= 0.3 is 0 Å². The number of allylic oxidation sites excluding steroid dienone is 4. The minimum absolute atomic E-state index is 0.0853. The van der Waals surface area contributed by atoms with Crippen LogP contribution < -0.4 is 4.74 Å². The van der Waals surface area contributed by atoms with Crippen LogP contribution in [0.15, 0.2) is 95.3 Å². The van der Waals surface area contributed by atoms with Gasteiger partial charge in [0, 0.05) is 63.5 Å². The lowest BCUT2D eigenvalue weighted by atomic mass is 9.63. The summed E-state index contributed by atoms with van der Waals surface area (Å²) < 4.78 is 6.42. The van der Waals surface area contributed by atoms with Gasteiger partial charge in [0.1, 0.15) is 12.4 Å². The minimum atomic E-state index is -0.539. The van der Waals surface area contributed by atoms with Crippen LogP contribution >= 0.6 is 23.2 Å². The van der Waals surface area contributed by atoms with Crippen molar-refractivity contribution in [3.63, 3.8) is 0 Å². The Labute approximate surface area is 264 Å². The Morgan fingerprint density at radius 3 is 1.86 bits per heavy atom. The van der Waals surface area contributed by atoms with Gasteiger partial charge in [-0.15, -0.1) is 0 Å². The zero-order valence-corrected chi connectivity index (χ0v) is 26.7. The number of hydrogen-bond donors (Lipinski definition) is 0. The number of ether oxygens (including phenoxy) is 1. The topological polar surface area (TPSA) is 46.6 Å². The monoisotopic (exact) mass is 613 g/mol. The molecule has 43 heavy (non-hydrogen) atoms. The Morgan fingerprint density at radius 1 is 0.721 bits per heavy atom. The van der Waals surface area contributed by atoms with Gasteiger partial charge < -0.3 is 9.64 Å². The average Bonchev–Trinajstić information content (AvgIpc) is 2.93. The van der Waals surface area contributed by atoms with Crippen molar-refractivity contribution < 1.29 is 14.3 Å². The molecule has 0 spiro atoms. The van der Waals surface area contributed by atoms with E-state index in [1.54, 1.807) is 6.07 Å². The van der Waals surface area contributed by atoms with Crippen LogP contribution in [0.25, 0.3) is 0 Å². The third-order valence-electron chi connectivity index (χ3n) is 8.80. The van der Waals surface area contributed by atoms with Gasteiger partial charge in [-0.25, -0.2) is 0 Å². The van der Waals surface area contributed by atoms with E-state index in [9.17, 15) is 9.59 Å². The second-order valence-corrected chi connectivity index (χ2v) is 14.6. The molecule has 0 atom stereocenters. The molecular weight excluding hydrogens is 577 g/mol. The number of carbonyl (C=O) groups excluding carboxylic acids is 2. The molecular formula is C37H37Cl2NO3. The first-order valence-corrected chi connectivity index (χ1v) is 15.7. The van der Waals surface area contributed by atoms with E-state index in [0.717, 1.165) is 40.9 Å². The summed E-state index contributed by atoms with van der Waals surface area (Å²) >= 11 is 12.7. The predicted octanol–water partition coefficient (Wildman–Crippen LogP) is 9.46. The van der Waals surface area contributed by atoms with E-state index in [-0.39, 0.29) is 22.4 Å². The Hall–Kier alpha value is -3.34. The molecule has 6 heteroatoms. The van der Waals surface area contributed by atoms with Gasteiger partial charge in [-0.05, 0) is 65.1 Å². The summed E-state index contributed by atoms with van der Waals surface area (Å²) in [5.74, 6) is 0.252. The van der Waals surface area contributed by atoms with Crippen LogP contribution in [0.5, 0.6) is 5.75 Å². The largest absolute Gasteiger partial charge is 0.489 e. The van der Waals surface area contributed by atoms with E-state index in [1.165, 1.54) is 0 Å². The summed E-state index contributed by atoms with van der Waals surface area (Å²) in [6.45, 7) is 9.55. The highest BCUT2D eigenvalue weighted by Gasteiger charge is 2.49. The van der Waals surface area contributed by atoms with Crippen LogP contribution in [-0.4, -0.2) is 16.5 Å². The normalized spacial score (nSPS) is 19.8. The van der Waals surface area contributed by atoms with Gasteiger partial charge in [0.05, 0.1) is 0 Å². The number of rotatable bonds is 6. The van der Waals surface area contributed by atoms with Crippen molar-refractivity contribution in [1.82, 2.24) is 4.90 Å². The van der Waals surface area contributed by atoms with Crippen molar-refractivity contribution >= 4 is 34.8 Å². The molecule has 3 aromatic carbocycles. The summed E-state index contributed by atoms with van der Waals surface area (Å²) in [5, 5.41) is 1.20. The molecule has 1 heterocycles. The van der Waals surface area contributed by atoms with Gasteiger partial charge in [-0.2, -0.15) is 0 Å². The molecule has 222 valence electrons. The van der Waals surface area contributed by atoms with Crippen molar-refractivity contribution in [2.75, 3.05) is 0 Å². The molecule has 3 aromatic rings. The molecule has 0 unspecified atom stereocenters. The Balaban J connectivity index is 1.54. The number of benzene rings is 3. The fourth-order valence-electron chi connectivity index (χ4n) is 6.93. The van der Waals surface area contributed by atoms with Crippen LogP contribution in [0.3, 0.4) is 0 Å². The molecule has 0 bridgehead atoms. The van der Waals surface area contributed by atoms with Gasteiger partial charge in [-0.3, -0.25) is 9.59 Å². The minimum Gasteiger partial charge on any atom is -0.489 e. The van der Waals surface area contributed by atoms with E-state index in [0.29, 0.717) is 52.9 Å². The SMILES string of the molecule is CC1(C)CC(=O)C2=C(C1)N(Cc1ccccc1)C1=C(C(=O)CC(C)(C)C1)C2c1cc(Cl)ccc1OCc1ccc(Cl)cc1. The third kappa shape index (κ3) is 6.05. The van der Waals surface area contributed by atoms with E-state index in [1.807, 2.05) is 54.6 Å². The molecule has 0 amide bonds. The highest BCUT2D eigenvalue weighted by molar-refractivity contribution is 6.31. The number of nitrogens with zero attached hydrogens (tertiary/aromatic N) is 1. The highest BCUT2D eigenvalue weighted by atomic mass is 35.5.